The van der Waals surface area contributed by atoms with Crippen molar-refractivity contribution >= 4 is 44.9 Å². The third-order valence-corrected chi connectivity index (χ3v) is 3.04. The quantitative estimate of drug-likeness (QED) is 0.843. The molecule has 0 fully saturated rings. The third kappa shape index (κ3) is 3.62. The predicted molar refractivity (Wildman–Crippen MR) is 76.8 cm³/mol. The Kier molecular flexibility index (Phi) is 5.96. The number of nitrogens with one attached hydrogen (secondary N) is 1. The van der Waals surface area contributed by atoms with Gasteiger partial charge in [-0.3, -0.25) is 4.79 Å². The third-order valence-electron chi connectivity index (χ3n) is 2.26. The van der Waals surface area contributed by atoms with Crippen LogP contribution in [-0.4, -0.2) is 10.2 Å². The molecule has 0 aliphatic rings. The Morgan fingerprint density at radius 2 is 1.67 bits per heavy atom. The van der Waals surface area contributed by atoms with Crippen LogP contribution in [0.3, 0.4) is 0 Å². The van der Waals surface area contributed by atoms with Crippen molar-refractivity contribution in [2.45, 2.75) is 6.92 Å². The lowest BCUT2D eigenvalue weighted by molar-refractivity contribution is 0.995. The first kappa shape index (κ1) is 15.3. The minimum Gasteiger partial charge on any atom is -0.268 e. The molecule has 7 heteroatoms. The Hall–Kier alpha value is -0.740. The van der Waals surface area contributed by atoms with Crippen molar-refractivity contribution in [2.24, 2.45) is 0 Å². The molecule has 2 aromatic rings. The average molecular weight is 326 g/mol. The molecule has 0 spiro atoms. The Morgan fingerprint density at radius 3 is 2.11 bits per heavy atom. The molecule has 1 heterocycles. The number of aromatic amines is 1. The van der Waals surface area contributed by atoms with Gasteiger partial charge in [0.15, 0.2) is 0 Å². The van der Waals surface area contributed by atoms with Crippen LogP contribution >= 0.6 is 44.9 Å². The van der Waals surface area contributed by atoms with E-state index in [0.29, 0.717) is 15.7 Å². The van der Waals surface area contributed by atoms with Gasteiger partial charge in [0, 0.05) is 43.4 Å². The highest BCUT2D eigenvalue weighted by molar-refractivity contribution is 6.85. The maximum atomic E-state index is 10.9. The van der Waals surface area contributed by atoms with Crippen molar-refractivity contribution < 1.29 is 0 Å². The van der Waals surface area contributed by atoms with Gasteiger partial charge < -0.3 is 0 Å². The van der Waals surface area contributed by atoms with Crippen molar-refractivity contribution in [3.05, 3.63) is 50.2 Å². The predicted octanol–water partition coefficient (Wildman–Crippen LogP) is 4.43. The van der Waals surface area contributed by atoms with Gasteiger partial charge in [-0.15, -0.1) is 0 Å². The van der Waals surface area contributed by atoms with Gasteiger partial charge in [-0.2, -0.15) is 5.10 Å². The van der Waals surface area contributed by atoms with E-state index in [1.165, 1.54) is 6.07 Å². The highest BCUT2D eigenvalue weighted by atomic mass is 36.5. The van der Waals surface area contributed by atoms with Crippen LogP contribution < -0.4 is 5.56 Å². The first-order valence-corrected chi connectivity index (χ1v) is 6.64. The molecule has 2 rings (SSSR count). The van der Waals surface area contributed by atoms with E-state index in [1.807, 2.05) is 6.92 Å². The molecule has 96 valence electrons. The van der Waals surface area contributed by atoms with E-state index in [9.17, 15) is 4.79 Å². The Morgan fingerprint density at radius 1 is 1.11 bits per heavy atom. The van der Waals surface area contributed by atoms with E-state index in [2.05, 4.69) is 31.9 Å². The van der Waals surface area contributed by atoms with Crippen LogP contribution in [0.5, 0.6) is 0 Å². The second kappa shape index (κ2) is 7.00. The Labute approximate surface area is 123 Å². The zero-order valence-electron chi connectivity index (χ0n) is 9.18. The summed E-state index contributed by atoms with van der Waals surface area (Å²) in [4.78, 5) is 10.9. The number of hydrogen-bond donors (Lipinski definition) is 1. The minimum atomic E-state index is -0.243. The summed E-state index contributed by atoms with van der Waals surface area (Å²) in [5, 5.41) is 7.42. The van der Waals surface area contributed by atoms with E-state index < -0.39 is 0 Å². The second-order valence-corrected chi connectivity index (χ2v) is 4.19. The van der Waals surface area contributed by atoms with E-state index in [4.69, 9.17) is 23.2 Å². The zero-order chi connectivity index (χ0) is 13.7. The molecule has 0 aliphatic carbocycles. The smallest absolute Gasteiger partial charge is 0.264 e. The van der Waals surface area contributed by atoms with Crippen LogP contribution in [-0.2, 0) is 0 Å². The summed E-state index contributed by atoms with van der Waals surface area (Å²) in [6.07, 6.45) is 0. The van der Waals surface area contributed by atoms with Crippen LogP contribution in [0.25, 0.3) is 11.3 Å². The maximum Gasteiger partial charge on any atom is 0.264 e. The molecular weight excluding hydrogens is 318 g/mol. The van der Waals surface area contributed by atoms with Gasteiger partial charge in [-0.25, -0.2) is 5.10 Å². The van der Waals surface area contributed by atoms with Crippen LogP contribution in [0.4, 0.5) is 0 Å². The highest BCUT2D eigenvalue weighted by Crippen LogP contribution is 2.29. The molecule has 0 atom stereocenters. The number of hydrogen-bond acceptors (Lipinski definition) is 2. The van der Waals surface area contributed by atoms with Gasteiger partial charge in [0.1, 0.15) is 0 Å². The van der Waals surface area contributed by atoms with Crippen LogP contribution in [0.1, 0.15) is 5.56 Å². The molecule has 0 amide bonds. The molecule has 0 bridgehead atoms. The first-order valence-electron chi connectivity index (χ1n) is 4.74. The standard InChI is InChI=1S/C11H8Cl2N2O.Cl2/c1-6-8(12)4-7(5-9(6)13)10-2-3-11(16)15-14-10;1-2/h2-5H,1H3,(H,15,16);. The highest BCUT2D eigenvalue weighted by Gasteiger charge is 2.06. The van der Waals surface area contributed by atoms with E-state index in [-0.39, 0.29) is 5.56 Å². The number of rotatable bonds is 1. The van der Waals surface area contributed by atoms with Gasteiger partial charge in [0.25, 0.3) is 5.56 Å². The summed E-state index contributed by atoms with van der Waals surface area (Å²) >= 11 is 12.0. The first-order chi connectivity index (χ1) is 8.58. The number of halogens is 4. The lowest BCUT2D eigenvalue weighted by Crippen LogP contribution is -2.05. The van der Waals surface area contributed by atoms with Gasteiger partial charge in [0.05, 0.1) is 5.69 Å². The number of benzene rings is 1. The zero-order valence-corrected chi connectivity index (χ0v) is 12.2. The molecule has 1 aromatic heterocycles. The molecule has 0 aliphatic heterocycles. The SMILES string of the molecule is Cc1c(Cl)cc(-c2ccc(=O)[nH]n2)cc1Cl.ClCl. The maximum absolute atomic E-state index is 10.9. The van der Waals surface area contributed by atoms with E-state index >= 15 is 0 Å². The van der Waals surface area contributed by atoms with Crippen molar-refractivity contribution in [3.8, 4) is 11.3 Å². The molecular formula is C11H8Cl4N2O. The number of H-pyrrole nitrogens is 1. The topological polar surface area (TPSA) is 45.8 Å². The number of aromatic nitrogens is 2. The Balaban J connectivity index is 0.000000771. The molecule has 0 unspecified atom stereocenters. The molecule has 18 heavy (non-hydrogen) atoms. The van der Waals surface area contributed by atoms with Crippen LogP contribution in [0.2, 0.25) is 10.0 Å². The lowest BCUT2D eigenvalue weighted by atomic mass is 10.1. The van der Waals surface area contributed by atoms with Crippen molar-refractivity contribution in [3.63, 3.8) is 0 Å². The van der Waals surface area contributed by atoms with Crippen LogP contribution in [0, 0.1) is 6.92 Å². The lowest BCUT2D eigenvalue weighted by Gasteiger charge is -2.05. The monoisotopic (exact) mass is 324 g/mol. The molecule has 1 N–H and O–H groups in total. The second-order valence-electron chi connectivity index (χ2n) is 3.37. The molecule has 0 saturated carbocycles. The molecule has 0 radical (unpaired) electrons. The summed E-state index contributed by atoms with van der Waals surface area (Å²) in [7, 11) is 8.22. The van der Waals surface area contributed by atoms with E-state index in [1.54, 1.807) is 18.2 Å². The molecule has 3 nitrogen and oxygen atoms in total. The molecule has 1 aromatic carbocycles. The number of nitrogens with zero attached hydrogens (tertiary/aromatic N) is 1. The van der Waals surface area contributed by atoms with Gasteiger partial charge >= 0.3 is 0 Å². The summed E-state index contributed by atoms with van der Waals surface area (Å²) < 4.78 is 0. The normalized spacial score (nSPS) is 9.61. The van der Waals surface area contributed by atoms with Crippen molar-refractivity contribution in [2.75, 3.05) is 0 Å². The fraction of sp³-hybridized carbons (Fsp3) is 0.0909. The van der Waals surface area contributed by atoms with Crippen molar-refractivity contribution in [1.82, 2.24) is 10.2 Å². The van der Waals surface area contributed by atoms with Gasteiger partial charge in [-0.1, -0.05) is 23.2 Å². The Bertz CT molecular complexity index is 554. The van der Waals surface area contributed by atoms with E-state index in [0.717, 1.165) is 11.1 Å². The summed E-state index contributed by atoms with van der Waals surface area (Å²) in [5.74, 6) is 0. The van der Waals surface area contributed by atoms with Gasteiger partial charge in [-0.05, 0) is 30.7 Å². The van der Waals surface area contributed by atoms with Crippen LogP contribution in [0.15, 0.2) is 29.1 Å². The summed E-state index contributed by atoms with van der Waals surface area (Å²) in [6.45, 7) is 1.84. The fourth-order valence-electron chi connectivity index (χ4n) is 1.30. The summed E-state index contributed by atoms with van der Waals surface area (Å²) in [6, 6.07) is 6.56. The average Bonchev–Trinajstić information content (AvgIpc) is 2.38. The fourth-order valence-corrected chi connectivity index (χ4v) is 1.79. The molecule has 0 saturated heterocycles. The van der Waals surface area contributed by atoms with Gasteiger partial charge in [0.2, 0.25) is 0 Å². The van der Waals surface area contributed by atoms with Crippen molar-refractivity contribution in [1.29, 1.82) is 0 Å². The summed E-state index contributed by atoms with van der Waals surface area (Å²) in [5.41, 5.74) is 1.99. The largest absolute Gasteiger partial charge is 0.268 e. The minimum absolute atomic E-state index is 0.243.